The Labute approximate surface area is 125 Å². The minimum absolute atomic E-state index is 0.232. The highest BCUT2D eigenvalue weighted by Gasteiger charge is 2.37. The van der Waals surface area contributed by atoms with E-state index in [9.17, 15) is 4.79 Å². The van der Waals surface area contributed by atoms with Crippen LogP contribution in [0.1, 0.15) is 25.3 Å². The number of carbonyl (C=O) groups is 1. The summed E-state index contributed by atoms with van der Waals surface area (Å²) in [6, 6.07) is 8.21. The lowest BCUT2D eigenvalue weighted by Crippen LogP contribution is -2.57. The first kappa shape index (κ1) is 15.8. The summed E-state index contributed by atoms with van der Waals surface area (Å²) >= 11 is 0. The average molecular weight is 292 g/mol. The van der Waals surface area contributed by atoms with Crippen LogP contribution in [0, 0.1) is 0 Å². The van der Waals surface area contributed by atoms with Crippen molar-refractivity contribution in [1.29, 1.82) is 0 Å². The molecule has 3 N–H and O–H groups in total. The fourth-order valence-electron chi connectivity index (χ4n) is 2.06. The molecule has 5 nitrogen and oxygen atoms in total. The van der Waals surface area contributed by atoms with Crippen LogP contribution in [0.2, 0.25) is 0 Å². The Morgan fingerprint density at radius 3 is 2.57 bits per heavy atom. The first-order chi connectivity index (χ1) is 10.0. The van der Waals surface area contributed by atoms with Crippen molar-refractivity contribution in [2.45, 2.75) is 37.8 Å². The van der Waals surface area contributed by atoms with Gasteiger partial charge in [0, 0.05) is 13.2 Å². The van der Waals surface area contributed by atoms with Gasteiger partial charge in [0.2, 0.25) is 5.91 Å². The number of amides is 1. The number of hydrogen-bond donors (Lipinski definition) is 2. The van der Waals surface area contributed by atoms with Gasteiger partial charge < -0.3 is 15.2 Å². The summed E-state index contributed by atoms with van der Waals surface area (Å²) in [7, 11) is 1.69. The summed E-state index contributed by atoms with van der Waals surface area (Å²) in [6.07, 6.45) is 3.06. The number of ether oxygens (including phenoxy) is 2. The van der Waals surface area contributed by atoms with E-state index in [1.54, 1.807) is 14.0 Å². The number of primary amides is 1. The second kappa shape index (κ2) is 6.91. The second-order valence-corrected chi connectivity index (χ2v) is 5.79. The minimum atomic E-state index is -0.824. The minimum Gasteiger partial charge on any atom is -0.491 e. The van der Waals surface area contributed by atoms with E-state index in [1.807, 2.05) is 24.3 Å². The molecule has 21 heavy (non-hydrogen) atoms. The Morgan fingerprint density at radius 2 is 2.05 bits per heavy atom. The van der Waals surface area contributed by atoms with E-state index < -0.39 is 5.54 Å². The SMILES string of the molecule is COCCc1ccc(OCC(C)(NC2CC2)C(N)=O)cc1. The van der Waals surface area contributed by atoms with Crippen LogP contribution in [0.25, 0.3) is 0 Å². The first-order valence-corrected chi connectivity index (χ1v) is 7.32. The molecule has 1 saturated carbocycles. The molecular formula is C16H24N2O3. The Hall–Kier alpha value is -1.59. The highest BCUT2D eigenvalue weighted by atomic mass is 16.5. The zero-order valence-electron chi connectivity index (χ0n) is 12.7. The van der Waals surface area contributed by atoms with Crippen molar-refractivity contribution in [3.63, 3.8) is 0 Å². The summed E-state index contributed by atoms with van der Waals surface area (Å²) in [5, 5.41) is 3.26. The first-order valence-electron chi connectivity index (χ1n) is 7.32. The number of hydrogen-bond acceptors (Lipinski definition) is 4. The van der Waals surface area contributed by atoms with Crippen molar-refractivity contribution in [3.8, 4) is 5.75 Å². The largest absolute Gasteiger partial charge is 0.491 e. The van der Waals surface area contributed by atoms with Gasteiger partial charge in [-0.3, -0.25) is 10.1 Å². The quantitative estimate of drug-likeness (QED) is 0.718. The lowest BCUT2D eigenvalue weighted by atomic mass is 10.0. The molecule has 1 unspecified atom stereocenters. The highest BCUT2D eigenvalue weighted by molar-refractivity contribution is 5.84. The van der Waals surface area contributed by atoms with Gasteiger partial charge in [0.25, 0.3) is 0 Å². The van der Waals surface area contributed by atoms with Gasteiger partial charge in [0.1, 0.15) is 17.9 Å². The Kier molecular flexibility index (Phi) is 5.20. The summed E-state index contributed by atoms with van der Waals surface area (Å²) in [5.74, 6) is 0.354. The van der Waals surface area contributed by atoms with Gasteiger partial charge in [-0.1, -0.05) is 12.1 Å². The van der Waals surface area contributed by atoms with Gasteiger partial charge in [-0.05, 0) is 43.9 Å². The molecule has 1 aromatic carbocycles. The molecule has 1 fully saturated rings. The van der Waals surface area contributed by atoms with Gasteiger partial charge in [-0.2, -0.15) is 0 Å². The fraction of sp³-hybridized carbons (Fsp3) is 0.562. The number of carbonyl (C=O) groups excluding carboxylic acids is 1. The number of nitrogens with one attached hydrogen (secondary N) is 1. The van der Waals surface area contributed by atoms with Crippen LogP contribution in [-0.2, 0) is 16.0 Å². The second-order valence-electron chi connectivity index (χ2n) is 5.79. The van der Waals surface area contributed by atoms with Crippen molar-refractivity contribution < 1.29 is 14.3 Å². The van der Waals surface area contributed by atoms with Crippen LogP contribution < -0.4 is 15.8 Å². The van der Waals surface area contributed by atoms with E-state index in [0.717, 1.165) is 25.0 Å². The van der Waals surface area contributed by atoms with Crippen molar-refractivity contribution in [1.82, 2.24) is 5.32 Å². The van der Waals surface area contributed by atoms with Crippen molar-refractivity contribution in [2.24, 2.45) is 5.73 Å². The Bertz CT molecular complexity index is 471. The van der Waals surface area contributed by atoms with Crippen molar-refractivity contribution >= 4 is 5.91 Å². The molecule has 0 saturated heterocycles. The van der Waals surface area contributed by atoms with E-state index in [1.165, 1.54) is 5.56 Å². The third-order valence-corrected chi connectivity index (χ3v) is 3.69. The lowest BCUT2D eigenvalue weighted by molar-refractivity contribution is -0.125. The van der Waals surface area contributed by atoms with Crippen LogP contribution >= 0.6 is 0 Å². The van der Waals surface area contributed by atoms with Crippen LogP contribution in [0.5, 0.6) is 5.75 Å². The third-order valence-electron chi connectivity index (χ3n) is 3.69. The molecule has 0 spiro atoms. The zero-order chi connectivity index (χ0) is 15.3. The molecule has 5 heteroatoms. The van der Waals surface area contributed by atoms with E-state index in [0.29, 0.717) is 12.6 Å². The van der Waals surface area contributed by atoms with Gasteiger partial charge in [-0.15, -0.1) is 0 Å². The number of rotatable bonds is 9. The molecule has 0 radical (unpaired) electrons. The summed E-state index contributed by atoms with van der Waals surface area (Å²) in [5.41, 5.74) is 5.86. The Balaban J connectivity index is 1.89. The van der Waals surface area contributed by atoms with Gasteiger partial charge >= 0.3 is 0 Å². The van der Waals surface area contributed by atoms with Crippen LogP contribution in [-0.4, -0.2) is 37.8 Å². The van der Waals surface area contributed by atoms with E-state index in [2.05, 4.69) is 5.32 Å². The smallest absolute Gasteiger partial charge is 0.240 e. The van der Waals surface area contributed by atoms with E-state index >= 15 is 0 Å². The lowest BCUT2D eigenvalue weighted by Gasteiger charge is -2.27. The molecule has 0 aromatic heterocycles. The molecule has 0 heterocycles. The maximum absolute atomic E-state index is 11.6. The molecule has 0 aliphatic heterocycles. The highest BCUT2D eigenvalue weighted by Crippen LogP contribution is 2.23. The molecule has 1 aromatic rings. The van der Waals surface area contributed by atoms with Gasteiger partial charge in [0.05, 0.1) is 6.61 Å². The summed E-state index contributed by atoms with van der Waals surface area (Å²) in [6.45, 7) is 2.72. The molecule has 1 aliphatic carbocycles. The van der Waals surface area contributed by atoms with Crippen molar-refractivity contribution in [2.75, 3.05) is 20.3 Å². The predicted molar refractivity (Wildman–Crippen MR) is 81.3 cm³/mol. The fourth-order valence-corrected chi connectivity index (χ4v) is 2.06. The summed E-state index contributed by atoms with van der Waals surface area (Å²) < 4.78 is 10.8. The Morgan fingerprint density at radius 1 is 1.38 bits per heavy atom. The molecule has 1 atom stereocenters. The molecule has 1 aliphatic rings. The van der Waals surface area contributed by atoms with Crippen LogP contribution in [0.3, 0.4) is 0 Å². The molecule has 116 valence electrons. The molecule has 0 bridgehead atoms. The van der Waals surface area contributed by atoms with Gasteiger partial charge in [-0.25, -0.2) is 0 Å². The molecular weight excluding hydrogens is 268 g/mol. The normalized spacial score (nSPS) is 17.2. The van der Waals surface area contributed by atoms with Crippen LogP contribution in [0.4, 0.5) is 0 Å². The maximum atomic E-state index is 11.6. The van der Waals surface area contributed by atoms with Crippen molar-refractivity contribution in [3.05, 3.63) is 29.8 Å². The number of benzene rings is 1. The predicted octanol–water partition coefficient (Wildman–Crippen LogP) is 1.25. The average Bonchev–Trinajstić information content (AvgIpc) is 3.27. The van der Waals surface area contributed by atoms with E-state index in [4.69, 9.17) is 15.2 Å². The molecule has 1 amide bonds. The standard InChI is InChI=1S/C16H24N2O3/c1-16(15(17)19,18-13-5-6-13)11-21-14-7-3-12(4-8-14)9-10-20-2/h3-4,7-8,13,18H,5-6,9-11H2,1-2H3,(H2,17,19). The van der Waals surface area contributed by atoms with Gasteiger partial charge in [0.15, 0.2) is 0 Å². The molecule has 2 rings (SSSR count). The summed E-state index contributed by atoms with van der Waals surface area (Å²) in [4.78, 5) is 11.6. The zero-order valence-corrected chi connectivity index (χ0v) is 12.7. The number of methoxy groups -OCH3 is 1. The van der Waals surface area contributed by atoms with E-state index in [-0.39, 0.29) is 12.5 Å². The monoisotopic (exact) mass is 292 g/mol. The topological polar surface area (TPSA) is 73.6 Å². The maximum Gasteiger partial charge on any atom is 0.240 e. The van der Waals surface area contributed by atoms with Crippen LogP contribution in [0.15, 0.2) is 24.3 Å². The third kappa shape index (κ3) is 4.72. The number of nitrogens with two attached hydrogens (primary N) is 1.